The largest absolute Gasteiger partial charge is 0.334 e. The Morgan fingerprint density at radius 2 is 1.59 bits per heavy atom. The predicted octanol–water partition coefficient (Wildman–Crippen LogP) is 3.31. The lowest BCUT2D eigenvalue weighted by Crippen LogP contribution is -2.76. The number of nitrogens with one attached hydrogen (secondary N) is 1. The highest BCUT2D eigenvalue weighted by molar-refractivity contribution is 5.91. The first kappa shape index (κ1) is 26.4. The minimum Gasteiger partial charge on any atom is -0.333 e. The summed E-state index contributed by atoms with van der Waals surface area (Å²) in [5.41, 5.74) is 3.74. The van der Waals surface area contributed by atoms with E-state index < -0.39 is 12.2 Å². The van der Waals surface area contributed by atoms with Gasteiger partial charge in [-0.3, -0.25) is 9.59 Å². The van der Waals surface area contributed by atoms with Gasteiger partial charge in [-0.25, -0.2) is 19.2 Å². The summed E-state index contributed by atoms with van der Waals surface area (Å²) in [5, 5.41) is 6.11. The first-order valence-corrected chi connectivity index (χ1v) is 13.0. The number of rotatable bonds is 6. The number of piperazine rings is 1. The van der Waals surface area contributed by atoms with Gasteiger partial charge in [-0.2, -0.15) is 0 Å². The molecule has 39 heavy (non-hydrogen) atoms. The zero-order chi connectivity index (χ0) is 27.5. The van der Waals surface area contributed by atoms with Crippen molar-refractivity contribution in [1.29, 1.82) is 0 Å². The normalized spacial score (nSPS) is 19.7. The van der Waals surface area contributed by atoms with Crippen LogP contribution in [0.1, 0.15) is 22.3 Å². The first-order chi connectivity index (χ1) is 18.8. The molecular formula is C30H32FN5O3. The Bertz CT molecular complexity index is 1330. The summed E-state index contributed by atoms with van der Waals surface area (Å²) in [6, 6.07) is 22.3. The van der Waals surface area contributed by atoms with E-state index >= 15 is 0 Å². The Labute approximate surface area is 227 Å². The second kappa shape index (κ2) is 11.2. The van der Waals surface area contributed by atoms with E-state index in [9.17, 15) is 18.8 Å². The van der Waals surface area contributed by atoms with Crippen molar-refractivity contribution in [3.8, 4) is 0 Å². The van der Waals surface area contributed by atoms with Crippen LogP contribution in [0.15, 0.2) is 78.9 Å². The monoisotopic (exact) mass is 529 g/mol. The van der Waals surface area contributed by atoms with Crippen molar-refractivity contribution in [3.63, 3.8) is 0 Å². The van der Waals surface area contributed by atoms with E-state index in [1.54, 1.807) is 34.0 Å². The minimum absolute atomic E-state index is 0.0229. The molecule has 0 bridgehead atoms. The van der Waals surface area contributed by atoms with Crippen molar-refractivity contribution in [1.82, 2.24) is 25.1 Å². The van der Waals surface area contributed by atoms with E-state index in [0.717, 1.165) is 22.3 Å². The fourth-order valence-electron chi connectivity index (χ4n) is 5.26. The van der Waals surface area contributed by atoms with Crippen LogP contribution < -0.4 is 5.32 Å². The lowest BCUT2D eigenvalue weighted by molar-refractivity contribution is -0.187. The predicted molar refractivity (Wildman–Crippen MR) is 144 cm³/mol. The molecular weight excluding hydrogens is 497 g/mol. The molecule has 2 aliphatic rings. The molecule has 2 fully saturated rings. The summed E-state index contributed by atoms with van der Waals surface area (Å²) < 4.78 is 13.5. The van der Waals surface area contributed by atoms with Crippen molar-refractivity contribution in [2.75, 3.05) is 20.1 Å². The zero-order valence-corrected chi connectivity index (χ0v) is 22.1. The van der Waals surface area contributed by atoms with Gasteiger partial charge in [-0.1, -0.05) is 72.3 Å². The van der Waals surface area contributed by atoms with Gasteiger partial charge >= 0.3 is 6.03 Å². The van der Waals surface area contributed by atoms with Crippen LogP contribution in [0, 0.1) is 12.7 Å². The van der Waals surface area contributed by atoms with Crippen LogP contribution in [0.3, 0.4) is 0 Å². The maximum Gasteiger partial charge on any atom is 0.334 e. The molecule has 202 valence electrons. The van der Waals surface area contributed by atoms with Crippen molar-refractivity contribution >= 4 is 17.8 Å². The Morgan fingerprint density at radius 1 is 0.923 bits per heavy atom. The molecule has 2 heterocycles. The molecule has 4 amide bonds. The number of aryl methyl sites for hydroxylation is 1. The third-order valence-corrected chi connectivity index (χ3v) is 7.27. The van der Waals surface area contributed by atoms with Crippen LogP contribution in [0.2, 0.25) is 0 Å². The zero-order valence-electron chi connectivity index (χ0n) is 22.1. The summed E-state index contributed by atoms with van der Waals surface area (Å²) in [7, 11) is 1.70. The fraction of sp³-hybridized carbons (Fsp3) is 0.300. The topological polar surface area (TPSA) is 76.2 Å². The van der Waals surface area contributed by atoms with Crippen molar-refractivity contribution in [2.24, 2.45) is 0 Å². The molecule has 2 aliphatic heterocycles. The highest BCUT2D eigenvalue weighted by Crippen LogP contribution is 2.29. The van der Waals surface area contributed by atoms with Gasteiger partial charge in [-0.05, 0) is 35.7 Å². The molecule has 2 atom stereocenters. The van der Waals surface area contributed by atoms with Gasteiger partial charge in [0.1, 0.15) is 18.0 Å². The van der Waals surface area contributed by atoms with E-state index in [4.69, 9.17) is 0 Å². The quantitative estimate of drug-likeness (QED) is 0.532. The van der Waals surface area contributed by atoms with Gasteiger partial charge in [-0.15, -0.1) is 0 Å². The first-order valence-electron chi connectivity index (χ1n) is 13.0. The molecule has 0 spiro atoms. The van der Waals surface area contributed by atoms with Gasteiger partial charge in [0, 0.05) is 26.6 Å². The third kappa shape index (κ3) is 5.78. The van der Waals surface area contributed by atoms with Gasteiger partial charge < -0.3 is 15.1 Å². The Kier molecular flexibility index (Phi) is 7.60. The van der Waals surface area contributed by atoms with Crippen LogP contribution >= 0.6 is 0 Å². The number of carbonyl (C=O) groups is 3. The van der Waals surface area contributed by atoms with Crippen molar-refractivity contribution in [2.45, 2.75) is 38.6 Å². The number of hydrogen-bond donors (Lipinski definition) is 1. The molecule has 1 N–H and O–H groups in total. The van der Waals surface area contributed by atoms with E-state index in [1.807, 2.05) is 61.5 Å². The fourth-order valence-corrected chi connectivity index (χ4v) is 5.26. The second-order valence-corrected chi connectivity index (χ2v) is 10.1. The van der Waals surface area contributed by atoms with Crippen LogP contribution in [-0.4, -0.2) is 70.0 Å². The van der Waals surface area contributed by atoms with Gasteiger partial charge in [0.05, 0.1) is 13.1 Å². The van der Waals surface area contributed by atoms with Crippen LogP contribution in [0.4, 0.5) is 9.18 Å². The molecule has 3 aromatic rings. The third-order valence-electron chi connectivity index (χ3n) is 7.27. The van der Waals surface area contributed by atoms with E-state index in [-0.39, 0.29) is 43.3 Å². The molecule has 0 aromatic heterocycles. The lowest BCUT2D eigenvalue weighted by atomic mass is 9.98. The smallest absolute Gasteiger partial charge is 0.333 e. The Balaban J connectivity index is 1.45. The number of nitrogens with zero attached hydrogens (tertiary/aromatic N) is 4. The average Bonchev–Trinajstić information content (AvgIpc) is 2.92. The number of fused-ring (bicyclic) bond motifs is 1. The number of likely N-dealkylation sites (N-methyl/N-ethyl adjacent to an activating group) is 1. The highest BCUT2D eigenvalue weighted by Gasteiger charge is 2.50. The summed E-state index contributed by atoms with van der Waals surface area (Å²) >= 11 is 0. The number of carbonyl (C=O) groups excluding carboxylic acids is 3. The molecule has 5 rings (SSSR count). The number of benzene rings is 3. The van der Waals surface area contributed by atoms with Crippen LogP contribution in [-0.2, 0) is 29.1 Å². The van der Waals surface area contributed by atoms with Gasteiger partial charge in [0.2, 0.25) is 11.8 Å². The molecule has 0 radical (unpaired) electrons. The van der Waals surface area contributed by atoms with Crippen molar-refractivity contribution < 1.29 is 18.8 Å². The van der Waals surface area contributed by atoms with Crippen LogP contribution in [0.5, 0.6) is 0 Å². The number of amides is 4. The lowest BCUT2D eigenvalue weighted by Gasteiger charge is -2.54. The van der Waals surface area contributed by atoms with E-state index in [0.29, 0.717) is 13.0 Å². The standard InChI is InChI=1S/C30H32FN5O3/c1-21-8-10-22(11-9-21)16-26-29(38)34(18-24-12-14-25(31)15-13-24)19-27-35(26)28(37)20-33(2)36(27)30(39)32-17-23-6-4-3-5-7-23/h3-15,26-27H,16-20H2,1-2H3,(H,32,39)/t26-,27?/m0/s1. The number of urea groups is 1. The maximum atomic E-state index is 13.9. The average molecular weight is 530 g/mol. The molecule has 3 aromatic carbocycles. The van der Waals surface area contributed by atoms with E-state index in [2.05, 4.69) is 5.32 Å². The summed E-state index contributed by atoms with van der Waals surface area (Å²) in [6.07, 6.45) is -0.370. The number of hydrazine groups is 1. The highest BCUT2D eigenvalue weighted by atomic mass is 19.1. The Hall–Kier alpha value is -4.24. The van der Waals surface area contributed by atoms with Crippen molar-refractivity contribution in [3.05, 3.63) is 107 Å². The summed E-state index contributed by atoms with van der Waals surface area (Å²) in [6.45, 7) is 2.67. The van der Waals surface area contributed by atoms with Gasteiger partial charge in [0.25, 0.3) is 0 Å². The molecule has 0 saturated carbocycles. The number of hydrogen-bond acceptors (Lipinski definition) is 4. The van der Waals surface area contributed by atoms with E-state index in [1.165, 1.54) is 17.1 Å². The summed E-state index contributed by atoms with van der Waals surface area (Å²) in [4.78, 5) is 44.0. The molecule has 2 saturated heterocycles. The SMILES string of the molecule is Cc1ccc(C[C@H]2C(=O)N(Cc3ccc(F)cc3)CC3N2C(=O)CN(C)N3C(=O)NCc2ccccc2)cc1. The minimum atomic E-state index is -0.780. The Morgan fingerprint density at radius 3 is 2.28 bits per heavy atom. The summed E-state index contributed by atoms with van der Waals surface area (Å²) in [5.74, 6) is -0.756. The number of halogens is 1. The van der Waals surface area contributed by atoms with Gasteiger partial charge in [0.15, 0.2) is 0 Å². The molecule has 1 unspecified atom stereocenters. The molecule has 9 heteroatoms. The maximum absolute atomic E-state index is 13.9. The second-order valence-electron chi connectivity index (χ2n) is 10.1. The molecule has 0 aliphatic carbocycles. The molecule has 8 nitrogen and oxygen atoms in total. The van der Waals surface area contributed by atoms with Crippen LogP contribution in [0.25, 0.3) is 0 Å².